The van der Waals surface area contributed by atoms with Crippen LogP contribution in [-0.4, -0.2) is 12.6 Å². The minimum atomic E-state index is -0.562. The van der Waals surface area contributed by atoms with Crippen molar-refractivity contribution in [2.45, 2.75) is 38.5 Å². The predicted molar refractivity (Wildman–Crippen MR) is 72.3 cm³/mol. The summed E-state index contributed by atoms with van der Waals surface area (Å²) in [5.41, 5.74) is 0.682. The Labute approximate surface area is 111 Å². The van der Waals surface area contributed by atoms with Crippen molar-refractivity contribution in [3.05, 3.63) is 33.8 Å². The Balaban J connectivity index is 3.46. The van der Waals surface area contributed by atoms with Gasteiger partial charge in [0.2, 0.25) is 0 Å². The molecule has 1 aromatic rings. The van der Waals surface area contributed by atoms with E-state index in [0.717, 1.165) is 28.2 Å². The maximum Gasteiger partial charge on any atom is 0.130 e. The van der Waals surface area contributed by atoms with Gasteiger partial charge < -0.3 is 9.59 Å². The van der Waals surface area contributed by atoms with Crippen LogP contribution in [0.5, 0.6) is 0 Å². The zero-order chi connectivity index (χ0) is 13.3. The summed E-state index contributed by atoms with van der Waals surface area (Å²) >= 11 is 3.52. The van der Waals surface area contributed by atoms with E-state index >= 15 is 0 Å². The Hall–Kier alpha value is -0.960. The first-order valence-electron chi connectivity index (χ1n) is 5.48. The maximum absolute atomic E-state index is 11.1. The molecule has 0 N–H and O–H groups in total. The number of aldehydes is 2. The van der Waals surface area contributed by atoms with Gasteiger partial charge in [-0.05, 0) is 38.8 Å². The number of rotatable bonds is 4. The van der Waals surface area contributed by atoms with Gasteiger partial charge in [-0.1, -0.05) is 34.1 Å². The Kier molecular flexibility index (Phi) is 3.92. The van der Waals surface area contributed by atoms with Crippen molar-refractivity contribution in [1.82, 2.24) is 0 Å². The van der Waals surface area contributed by atoms with Crippen LogP contribution < -0.4 is 0 Å². The van der Waals surface area contributed by atoms with Crippen molar-refractivity contribution < 1.29 is 9.59 Å². The number of carbonyl (C=O) groups is 2. The van der Waals surface area contributed by atoms with Gasteiger partial charge in [0.1, 0.15) is 12.6 Å². The highest BCUT2D eigenvalue weighted by Crippen LogP contribution is 2.36. The molecule has 0 bridgehead atoms. The number of carbonyl (C=O) groups excluding carboxylic acids is 2. The smallest absolute Gasteiger partial charge is 0.130 e. The third-order valence-corrected chi connectivity index (χ3v) is 3.83. The highest BCUT2D eigenvalue weighted by molar-refractivity contribution is 9.10. The van der Waals surface area contributed by atoms with E-state index < -0.39 is 10.8 Å². The molecule has 2 nitrogen and oxygen atoms in total. The number of hydrogen-bond donors (Lipinski definition) is 0. The molecule has 17 heavy (non-hydrogen) atoms. The number of halogens is 1. The minimum Gasteiger partial charge on any atom is -0.302 e. The van der Waals surface area contributed by atoms with Crippen molar-refractivity contribution in [3.8, 4) is 0 Å². The lowest BCUT2D eigenvalue weighted by atomic mass is 9.80. The largest absolute Gasteiger partial charge is 0.302 e. The summed E-state index contributed by atoms with van der Waals surface area (Å²) in [5.74, 6) is 0. The average molecular weight is 297 g/mol. The van der Waals surface area contributed by atoms with Crippen LogP contribution in [0.3, 0.4) is 0 Å². The first kappa shape index (κ1) is 14.1. The molecule has 1 aromatic carbocycles. The van der Waals surface area contributed by atoms with E-state index in [4.69, 9.17) is 0 Å². The van der Waals surface area contributed by atoms with E-state index in [1.54, 1.807) is 0 Å². The van der Waals surface area contributed by atoms with Gasteiger partial charge in [-0.15, -0.1) is 0 Å². The van der Waals surface area contributed by atoms with E-state index in [1.165, 1.54) is 0 Å². The molecule has 0 amide bonds. The Bertz CT molecular complexity index is 409. The number of hydrogen-bond acceptors (Lipinski definition) is 2. The minimum absolute atomic E-state index is 0.562. The van der Waals surface area contributed by atoms with Crippen LogP contribution in [0.25, 0.3) is 0 Å². The van der Waals surface area contributed by atoms with Crippen LogP contribution >= 0.6 is 15.9 Å². The lowest BCUT2D eigenvalue weighted by Crippen LogP contribution is -2.24. The van der Waals surface area contributed by atoms with Gasteiger partial charge in [0.25, 0.3) is 0 Å². The molecule has 0 heterocycles. The lowest BCUT2D eigenvalue weighted by molar-refractivity contribution is -0.112. The van der Waals surface area contributed by atoms with E-state index in [9.17, 15) is 9.59 Å². The quantitative estimate of drug-likeness (QED) is 0.798. The van der Waals surface area contributed by atoms with Crippen LogP contribution in [0.1, 0.15) is 38.8 Å². The Morgan fingerprint density at radius 3 is 1.59 bits per heavy atom. The summed E-state index contributed by atoms with van der Waals surface area (Å²) in [6, 6.07) is 5.69. The molecular formula is C14H17BrO2. The van der Waals surface area contributed by atoms with Crippen molar-refractivity contribution in [1.29, 1.82) is 0 Å². The fraction of sp³-hybridized carbons (Fsp3) is 0.429. The average Bonchev–Trinajstić information content (AvgIpc) is 2.28. The van der Waals surface area contributed by atoms with E-state index in [-0.39, 0.29) is 0 Å². The van der Waals surface area contributed by atoms with Gasteiger partial charge in [0.05, 0.1) is 0 Å². The highest BCUT2D eigenvalue weighted by Gasteiger charge is 2.28. The van der Waals surface area contributed by atoms with Crippen LogP contribution in [0.15, 0.2) is 22.7 Å². The highest BCUT2D eigenvalue weighted by atomic mass is 79.9. The molecule has 0 radical (unpaired) electrons. The van der Waals surface area contributed by atoms with Crippen molar-refractivity contribution in [2.75, 3.05) is 0 Å². The molecule has 0 aliphatic heterocycles. The second-order valence-corrected chi connectivity index (χ2v) is 6.14. The van der Waals surface area contributed by atoms with E-state index in [1.807, 2.05) is 45.9 Å². The molecule has 0 spiro atoms. The molecule has 0 fully saturated rings. The molecular weight excluding hydrogens is 280 g/mol. The summed E-state index contributed by atoms with van der Waals surface area (Å²) in [6.07, 6.45) is 1.84. The van der Waals surface area contributed by atoms with Crippen LogP contribution in [0.2, 0.25) is 0 Å². The molecule has 1 rings (SSSR count). The Morgan fingerprint density at radius 1 is 0.941 bits per heavy atom. The molecule has 0 saturated heterocycles. The van der Waals surface area contributed by atoms with Crippen LogP contribution in [0, 0.1) is 0 Å². The zero-order valence-corrected chi connectivity index (χ0v) is 12.2. The first-order valence-corrected chi connectivity index (χ1v) is 6.27. The summed E-state index contributed by atoms with van der Waals surface area (Å²) in [7, 11) is 0. The van der Waals surface area contributed by atoms with Crippen molar-refractivity contribution in [3.63, 3.8) is 0 Å². The summed E-state index contributed by atoms with van der Waals surface area (Å²) in [4.78, 5) is 22.2. The topological polar surface area (TPSA) is 34.1 Å². The summed E-state index contributed by atoms with van der Waals surface area (Å²) in [5, 5.41) is 0. The zero-order valence-electron chi connectivity index (χ0n) is 10.6. The predicted octanol–water partition coefficient (Wildman–Crippen LogP) is 3.40. The summed E-state index contributed by atoms with van der Waals surface area (Å²) < 4.78 is 0.842. The second-order valence-electron chi connectivity index (χ2n) is 5.35. The lowest BCUT2D eigenvalue weighted by Gasteiger charge is -2.25. The van der Waals surface area contributed by atoms with Crippen LogP contribution in [0.4, 0.5) is 0 Å². The molecule has 0 aliphatic carbocycles. The van der Waals surface area contributed by atoms with Gasteiger partial charge in [-0.3, -0.25) is 0 Å². The van der Waals surface area contributed by atoms with Crippen molar-refractivity contribution >= 4 is 28.5 Å². The molecule has 92 valence electrons. The van der Waals surface area contributed by atoms with Gasteiger partial charge >= 0.3 is 0 Å². The molecule has 0 atom stereocenters. The monoisotopic (exact) mass is 296 g/mol. The Morgan fingerprint density at radius 2 is 1.29 bits per heavy atom. The van der Waals surface area contributed by atoms with Gasteiger partial charge in [0, 0.05) is 15.3 Å². The maximum atomic E-state index is 11.1. The van der Waals surface area contributed by atoms with Crippen LogP contribution in [-0.2, 0) is 20.4 Å². The molecule has 3 heteroatoms. The van der Waals surface area contributed by atoms with E-state index in [0.29, 0.717) is 0 Å². The van der Waals surface area contributed by atoms with Gasteiger partial charge in [0.15, 0.2) is 0 Å². The molecule has 0 aliphatic rings. The standard InChI is InChI=1S/C14H17BrO2/c1-13(2,8-16)10-6-5-7-11(12(10)15)14(3,4)9-17/h5-9H,1-4H3. The molecule has 0 unspecified atom stereocenters. The SMILES string of the molecule is CC(C)(C=O)c1cccc(C(C)(C)C=O)c1Br. The first-order chi connectivity index (χ1) is 7.76. The van der Waals surface area contributed by atoms with E-state index in [2.05, 4.69) is 15.9 Å². The third-order valence-electron chi connectivity index (χ3n) is 2.98. The molecule has 0 aromatic heterocycles. The third kappa shape index (κ3) is 2.65. The fourth-order valence-corrected chi connectivity index (χ4v) is 2.94. The van der Waals surface area contributed by atoms with Crippen molar-refractivity contribution in [2.24, 2.45) is 0 Å². The van der Waals surface area contributed by atoms with Gasteiger partial charge in [-0.25, -0.2) is 0 Å². The normalized spacial score (nSPS) is 12.3. The van der Waals surface area contributed by atoms with Gasteiger partial charge in [-0.2, -0.15) is 0 Å². The fourth-order valence-electron chi connectivity index (χ4n) is 1.65. The summed E-state index contributed by atoms with van der Waals surface area (Å²) in [6.45, 7) is 7.44. The number of benzene rings is 1. The second kappa shape index (κ2) is 4.73. The molecule has 0 saturated carbocycles.